The van der Waals surface area contributed by atoms with E-state index < -0.39 is 15.9 Å². The van der Waals surface area contributed by atoms with Crippen molar-refractivity contribution in [1.82, 2.24) is 4.31 Å². The molecule has 0 radical (unpaired) electrons. The largest absolute Gasteiger partial charge is 0.324 e. The number of nitrogens with zero attached hydrogens (tertiary/aromatic N) is 1. The summed E-state index contributed by atoms with van der Waals surface area (Å²) in [7, 11) is -3.86. The van der Waals surface area contributed by atoms with Crippen LogP contribution in [0.5, 0.6) is 0 Å². The summed E-state index contributed by atoms with van der Waals surface area (Å²) in [5.41, 5.74) is 0.255. The molecule has 9 heteroatoms. The predicted molar refractivity (Wildman–Crippen MR) is 118 cm³/mol. The highest BCUT2D eigenvalue weighted by Gasteiger charge is 2.26. The number of carbonyl (C=O) groups is 1. The molecule has 0 saturated carbocycles. The minimum absolute atomic E-state index is 0.123. The van der Waals surface area contributed by atoms with Crippen LogP contribution in [0.2, 0.25) is 15.1 Å². The number of amides is 1. The minimum atomic E-state index is -3.86. The van der Waals surface area contributed by atoms with Crippen LogP contribution in [0.15, 0.2) is 59.5 Å². The second kappa shape index (κ2) is 8.90. The van der Waals surface area contributed by atoms with Crippen molar-refractivity contribution >= 4 is 67.2 Å². The van der Waals surface area contributed by atoms with E-state index in [-0.39, 0.29) is 38.7 Å². The summed E-state index contributed by atoms with van der Waals surface area (Å²) in [6.45, 7) is 1.41. The van der Waals surface area contributed by atoms with Crippen LogP contribution in [0.25, 0.3) is 10.8 Å². The number of nitrogens with one attached hydrogen (secondary N) is 1. The average molecular weight is 472 g/mol. The van der Waals surface area contributed by atoms with Crippen LogP contribution in [0.1, 0.15) is 6.92 Å². The van der Waals surface area contributed by atoms with Gasteiger partial charge >= 0.3 is 0 Å². The number of likely N-dealkylation sites (N-methyl/N-ethyl adjacent to an activating group) is 1. The molecule has 0 unspecified atom stereocenters. The fraction of sp³-hybridized carbons (Fsp3) is 0.150. The number of sulfonamides is 1. The molecule has 0 bridgehead atoms. The van der Waals surface area contributed by atoms with Crippen molar-refractivity contribution in [3.05, 3.63) is 69.7 Å². The van der Waals surface area contributed by atoms with Gasteiger partial charge in [-0.1, -0.05) is 72.1 Å². The van der Waals surface area contributed by atoms with E-state index in [9.17, 15) is 13.2 Å². The number of hydrogen-bond acceptors (Lipinski definition) is 3. The van der Waals surface area contributed by atoms with Gasteiger partial charge in [-0.25, -0.2) is 8.42 Å². The summed E-state index contributed by atoms with van der Waals surface area (Å²) in [4.78, 5) is 12.6. The molecule has 29 heavy (non-hydrogen) atoms. The van der Waals surface area contributed by atoms with Gasteiger partial charge in [-0.2, -0.15) is 4.31 Å². The molecule has 0 aliphatic heterocycles. The fourth-order valence-corrected chi connectivity index (χ4v) is 4.85. The maximum atomic E-state index is 13.0. The summed E-state index contributed by atoms with van der Waals surface area (Å²) in [6, 6.07) is 15.2. The molecule has 0 aromatic heterocycles. The van der Waals surface area contributed by atoms with Gasteiger partial charge in [0.25, 0.3) is 0 Å². The summed E-state index contributed by atoms with van der Waals surface area (Å²) in [6.07, 6.45) is 0. The molecule has 0 heterocycles. The molecule has 0 aliphatic carbocycles. The van der Waals surface area contributed by atoms with Gasteiger partial charge in [0.15, 0.2) is 0 Å². The Hall–Kier alpha value is -1.83. The van der Waals surface area contributed by atoms with Crippen molar-refractivity contribution < 1.29 is 13.2 Å². The summed E-state index contributed by atoms with van der Waals surface area (Å²) in [5.74, 6) is -0.545. The van der Waals surface area contributed by atoms with Crippen molar-refractivity contribution in [3.8, 4) is 0 Å². The Morgan fingerprint density at radius 1 is 0.931 bits per heavy atom. The first-order valence-corrected chi connectivity index (χ1v) is 11.2. The van der Waals surface area contributed by atoms with Gasteiger partial charge in [0, 0.05) is 6.54 Å². The topological polar surface area (TPSA) is 66.5 Å². The van der Waals surface area contributed by atoms with Gasteiger partial charge in [0.2, 0.25) is 15.9 Å². The van der Waals surface area contributed by atoms with Gasteiger partial charge in [0.05, 0.1) is 32.2 Å². The first-order valence-electron chi connectivity index (χ1n) is 8.65. The van der Waals surface area contributed by atoms with E-state index in [1.807, 2.05) is 24.3 Å². The van der Waals surface area contributed by atoms with Gasteiger partial charge < -0.3 is 5.32 Å². The van der Waals surface area contributed by atoms with Crippen LogP contribution in [-0.4, -0.2) is 31.7 Å². The summed E-state index contributed by atoms with van der Waals surface area (Å²) in [5, 5.41) is 4.99. The Kier molecular flexibility index (Phi) is 6.71. The zero-order chi connectivity index (χ0) is 21.2. The van der Waals surface area contributed by atoms with Gasteiger partial charge in [0.1, 0.15) is 0 Å². The molecule has 3 aromatic carbocycles. The van der Waals surface area contributed by atoms with Crippen LogP contribution in [-0.2, 0) is 14.8 Å². The van der Waals surface area contributed by atoms with Gasteiger partial charge in [-0.3, -0.25) is 4.79 Å². The van der Waals surface area contributed by atoms with E-state index in [2.05, 4.69) is 5.32 Å². The van der Waals surface area contributed by atoms with Crippen LogP contribution in [0.3, 0.4) is 0 Å². The van der Waals surface area contributed by atoms with E-state index in [4.69, 9.17) is 34.8 Å². The highest BCUT2D eigenvalue weighted by molar-refractivity contribution is 7.89. The highest BCUT2D eigenvalue weighted by Crippen LogP contribution is 2.32. The number of carbonyl (C=O) groups excluding carboxylic acids is 1. The van der Waals surface area contributed by atoms with Crippen molar-refractivity contribution in [2.45, 2.75) is 11.8 Å². The third-order valence-electron chi connectivity index (χ3n) is 4.32. The molecule has 0 atom stereocenters. The summed E-state index contributed by atoms with van der Waals surface area (Å²) < 4.78 is 27.2. The maximum Gasteiger partial charge on any atom is 0.243 e. The molecule has 1 N–H and O–H groups in total. The SMILES string of the molecule is CCN(CC(=O)Nc1cc(Cl)c(Cl)cc1Cl)S(=O)(=O)c1ccc2ccccc2c1. The molecular formula is C20H17Cl3N2O3S. The molecule has 0 spiro atoms. The lowest BCUT2D eigenvalue weighted by Gasteiger charge is -2.20. The molecular weight excluding hydrogens is 455 g/mol. The molecule has 0 fully saturated rings. The maximum absolute atomic E-state index is 13.0. The fourth-order valence-electron chi connectivity index (χ4n) is 2.81. The molecule has 0 saturated heterocycles. The van der Waals surface area contributed by atoms with E-state index >= 15 is 0 Å². The Bertz CT molecular complexity index is 1180. The smallest absolute Gasteiger partial charge is 0.243 e. The minimum Gasteiger partial charge on any atom is -0.324 e. The molecule has 1 amide bonds. The lowest BCUT2D eigenvalue weighted by molar-refractivity contribution is -0.116. The Balaban J connectivity index is 1.82. The third-order valence-corrected chi connectivity index (χ3v) is 7.27. The zero-order valence-corrected chi connectivity index (χ0v) is 18.4. The van der Waals surface area contributed by atoms with E-state index in [1.165, 1.54) is 18.2 Å². The number of halogens is 3. The monoisotopic (exact) mass is 470 g/mol. The standard InChI is InChI=1S/C20H17Cl3N2O3S/c1-2-25(12-20(26)24-19-11-17(22)16(21)10-18(19)23)29(27,28)15-8-7-13-5-3-4-6-14(13)9-15/h3-11H,2,12H2,1H3,(H,24,26). The molecule has 152 valence electrons. The summed E-state index contributed by atoms with van der Waals surface area (Å²) >= 11 is 17.9. The molecule has 5 nitrogen and oxygen atoms in total. The second-order valence-electron chi connectivity index (χ2n) is 6.23. The van der Waals surface area contributed by atoms with Crippen LogP contribution in [0.4, 0.5) is 5.69 Å². The third kappa shape index (κ3) is 4.85. The normalized spacial score (nSPS) is 11.8. The first kappa shape index (κ1) is 21.9. The average Bonchev–Trinajstić information content (AvgIpc) is 2.69. The van der Waals surface area contributed by atoms with Gasteiger partial charge in [-0.05, 0) is 35.0 Å². The Morgan fingerprint density at radius 3 is 2.28 bits per heavy atom. The van der Waals surface area contributed by atoms with Crippen LogP contribution in [0, 0.1) is 0 Å². The number of rotatable bonds is 6. The highest BCUT2D eigenvalue weighted by atomic mass is 35.5. The Morgan fingerprint density at radius 2 is 1.59 bits per heavy atom. The quantitative estimate of drug-likeness (QED) is 0.486. The number of benzene rings is 3. The number of anilines is 1. The number of fused-ring (bicyclic) bond motifs is 1. The van der Waals surface area contributed by atoms with Crippen molar-refractivity contribution in [3.63, 3.8) is 0 Å². The molecule has 3 rings (SSSR count). The van der Waals surface area contributed by atoms with E-state index in [0.29, 0.717) is 0 Å². The van der Waals surface area contributed by atoms with Crippen LogP contribution >= 0.6 is 34.8 Å². The van der Waals surface area contributed by atoms with Crippen molar-refractivity contribution in [2.75, 3.05) is 18.4 Å². The predicted octanol–water partition coefficient (Wildman–Crippen LogP) is 5.45. The Labute approximate surface area is 184 Å². The van der Waals surface area contributed by atoms with Gasteiger partial charge in [-0.15, -0.1) is 0 Å². The second-order valence-corrected chi connectivity index (χ2v) is 9.39. The van der Waals surface area contributed by atoms with Crippen molar-refractivity contribution in [2.24, 2.45) is 0 Å². The van der Waals surface area contributed by atoms with E-state index in [0.717, 1.165) is 15.1 Å². The lowest BCUT2D eigenvalue weighted by Crippen LogP contribution is -2.37. The molecule has 3 aromatic rings. The first-order chi connectivity index (χ1) is 13.7. The van der Waals surface area contributed by atoms with E-state index in [1.54, 1.807) is 19.1 Å². The van der Waals surface area contributed by atoms with Crippen LogP contribution < -0.4 is 5.32 Å². The molecule has 0 aliphatic rings. The lowest BCUT2D eigenvalue weighted by atomic mass is 10.1. The zero-order valence-electron chi connectivity index (χ0n) is 15.3. The van der Waals surface area contributed by atoms with Crippen molar-refractivity contribution in [1.29, 1.82) is 0 Å². The number of hydrogen-bond donors (Lipinski definition) is 1.